The quantitative estimate of drug-likeness (QED) is 0.269. The van der Waals surface area contributed by atoms with E-state index in [9.17, 15) is 14.9 Å². The third kappa shape index (κ3) is 5.31. The van der Waals surface area contributed by atoms with Crippen LogP contribution in [0.5, 0.6) is 11.5 Å². The molecule has 38 heavy (non-hydrogen) atoms. The van der Waals surface area contributed by atoms with Crippen LogP contribution in [0, 0.1) is 10.1 Å². The average molecular weight is 522 g/mol. The lowest BCUT2D eigenvalue weighted by molar-refractivity contribution is -0.385. The first-order chi connectivity index (χ1) is 18.4. The maximum Gasteiger partial charge on any atom is 0.286 e. The first kappa shape index (κ1) is 25.6. The number of likely N-dealkylation sites (tertiary alicyclic amines) is 1. The molecule has 0 saturated carbocycles. The van der Waals surface area contributed by atoms with E-state index in [1.165, 1.54) is 19.2 Å². The lowest BCUT2D eigenvalue weighted by Crippen LogP contribution is -2.55. The number of hydrazine groups is 1. The summed E-state index contributed by atoms with van der Waals surface area (Å²) in [5, 5.41) is 14.9. The van der Waals surface area contributed by atoms with Crippen LogP contribution in [-0.2, 0) is 0 Å². The number of hydrogen-bond donors (Lipinski definition) is 1. The highest BCUT2D eigenvalue weighted by Crippen LogP contribution is 2.36. The number of carbonyl (C=O) groups excluding carboxylic acids is 1. The second-order valence-corrected chi connectivity index (χ2v) is 9.35. The fourth-order valence-electron chi connectivity index (χ4n) is 4.98. The summed E-state index contributed by atoms with van der Waals surface area (Å²) < 4.78 is 11.5. The van der Waals surface area contributed by atoms with Gasteiger partial charge in [0.2, 0.25) is 0 Å². The summed E-state index contributed by atoms with van der Waals surface area (Å²) in [5.41, 5.74) is 3.94. The van der Waals surface area contributed by atoms with Gasteiger partial charge in [0.1, 0.15) is 17.7 Å². The Labute approximate surface area is 220 Å². The monoisotopic (exact) mass is 521 g/mol. The Morgan fingerprint density at radius 2 is 1.79 bits per heavy atom. The van der Waals surface area contributed by atoms with Crippen molar-refractivity contribution >= 4 is 28.3 Å². The number of fused-ring (bicyclic) bond motifs is 1. The van der Waals surface area contributed by atoms with Crippen molar-refractivity contribution in [1.29, 1.82) is 0 Å². The standard InChI is InChI=1S/C26H31N7O5/c1-18(29-32-13-11-30(12-14-32)25-19-7-3-4-8-21(19)27-17-28-25)38-24-16-22(33(35)36)20(15-23(24)37-2)26(34)31-9-5-6-10-31/h3-4,7-8,15-18,29H,5-6,9-14H2,1-2H3. The zero-order chi connectivity index (χ0) is 26.6. The van der Waals surface area contributed by atoms with E-state index in [1.807, 2.05) is 31.2 Å². The minimum atomic E-state index is -0.552. The average Bonchev–Trinajstić information content (AvgIpc) is 3.48. The molecular weight excluding hydrogens is 490 g/mol. The fraction of sp³-hybridized carbons (Fsp3) is 0.423. The molecule has 1 N–H and O–H groups in total. The van der Waals surface area contributed by atoms with Gasteiger partial charge in [0.25, 0.3) is 11.6 Å². The molecule has 2 fully saturated rings. The minimum Gasteiger partial charge on any atom is -0.493 e. The molecule has 0 spiro atoms. The van der Waals surface area contributed by atoms with Gasteiger partial charge in [-0.2, -0.15) is 0 Å². The van der Waals surface area contributed by atoms with Gasteiger partial charge in [-0.3, -0.25) is 14.9 Å². The minimum absolute atomic E-state index is 0.00933. The Kier molecular flexibility index (Phi) is 7.52. The number of ether oxygens (including phenoxy) is 2. The van der Waals surface area contributed by atoms with E-state index in [2.05, 4.69) is 25.3 Å². The molecule has 0 aliphatic carbocycles. The van der Waals surface area contributed by atoms with Crippen molar-refractivity contribution in [2.75, 3.05) is 51.3 Å². The SMILES string of the molecule is COc1cc(C(=O)N2CCCC2)c([N+](=O)[O-])cc1OC(C)NN1CCN(c2ncnc3ccccc23)CC1. The number of nitro groups is 1. The zero-order valence-electron chi connectivity index (χ0n) is 21.5. The maximum absolute atomic E-state index is 12.9. The molecule has 2 aliphatic rings. The molecule has 3 heterocycles. The smallest absolute Gasteiger partial charge is 0.286 e. The highest BCUT2D eigenvalue weighted by Gasteiger charge is 2.30. The normalized spacial score (nSPS) is 17.0. The summed E-state index contributed by atoms with van der Waals surface area (Å²) in [4.78, 5) is 36.9. The number of methoxy groups -OCH3 is 1. The van der Waals surface area contributed by atoms with Crippen molar-refractivity contribution in [1.82, 2.24) is 25.3 Å². The Morgan fingerprint density at radius 3 is 2.50 bits per heavy atom. The third-order valence-corrected chi connectivity index (χ3v) is 6.87. The first-order valence-electron chi connectivity index (χ1n) is 12.7. The van der Waals surface area contributed by atoms with Crippen LogP contribution in [0.2, 0.25) is 0 Å². The van der Waals surface area contributed by atoms with Gasteiger partial charge in [0.05, 0.1) is 23.6 Å². The summed E-state index contributed by atoms with van der Waals surface area (Å²) in [7, 11) is 1.45. The number of rotatable bonds is 8. The molecule has 3 aromatic rings. The van der Waals surface area contributed by atoms with E-state index in [1.54, 1.807) is 11.2 Å². The summed E-state index contributed by atoms with van der Waals surface area (Å²) in [6.07, 6.45) is 2.88. The summed E-state index contributed by atoms with van der Waals surface area (Å²) in [6, 6.07) is 10.6. The molecule has 5 rings (SSSR count). The predicted molar refractivity (Wildman–Crippen MR) is 141 cm³/mol. The number of nitro benzene ring substituents is 1. The predicted octanol–water partition coefficient (Wildman–Crippen LogP) is 2.83. The number of anilines is 1. The topological polar surface area (TPSA) is 126 Å². The van der Waals surface area contributed by atoms with Crippen molar-refractivity contribution in [3.8, 4) is 11.5 Å². The molecule has 1 amide bonds. The molecule has 12 nitrogen and oxygen atoms in total. The number of nitrogens with zero attached hydrogens (tertiary/aromatic N) is 6. The molecule has 2 saturated heterocycles. The lowest BCUT2D eigenvalue weighted by atomic mass is 10.1. The van der Waals surface area contributed by atoms with Crippen molar-refractivity contribution in [2.24, 2.45) is 0 Å². The molecule has 12 heteroatoms. The van der Waals surface area contributed by atoms with Gasteiger partial charge < -0.3 is 19.3 Å². The largest absolute Gasteiger partial charge is 0.493 e. The number of aromatic nitrogens is 2. The third-order valence-electron chi connectivity index (χ3n) is 6.87. The summed E-state index contributed by atoms with van der Waals surface area (Å²) in [5.74, 6) is 1.02. The van der Waals surface area contributed by atoms with Crippen molar-refractivity contribution in [3.63, 3.8) is 0 Å². The van der Waals surface area contributed by atoms with Crippen LogP contribution in [0.15, 0.2) is 42.7 Å². The first-order valence-corrected chi connectivity index (χ1v) is 12.7. The van der Waals surface area contributed by atoms with E-state index in [0.29, 0.717) is 26.2 Å². The zero-order valence-corrected chi connectivity index (χ0v) is 21.5. The van der Waals surface area contributed by atoms with E-state index in [4.69, 9.17) is 9.47 Å². The van der Waals surface area contributed by atoms with Crippen LogP contribution in [0.4, 0.5) is 11.5 Å². The molecule has 200 valence electrons. The lowest BCUT2D eigenvalue weighted by Gasteiger charge is -2.37. The Morgan fingerprint density at radius 1 is 1.05 bits per heavy atom. The Hall–Kier alpha value is -4.03. The number of benzene rings is 2. The van der Waals surface area contributed by atoms with Crippen LogP contribution in [0.1, 0.15) is 30.1 Å². The Balaban J connectivity index is 1.24. The second-order valence-electron chi connectivity index (χ2n) is 9.35. The summed E-state index contributed by atoms with van der Waals surface area (Å²) in [6.45, 7) is 5.94. The van der Waals surface area contributed by atoms with Crippen molar-refractivity contribution in [3.05, 3.63) is 58.4 Å². The Bertz CT molecular complexity index is 1320. The number of hydrogen-bond acceptors (Lipinski definition) is 10. The van der Waals surface area contributed by atoms with E-state index in [-0.39, 0.29) is 28.7 Å². The molecule has 0 bridgehead atoms. The molecule has 2 aliphatic heterocycles. The molecule has 2 aromatic carbocycles. The molecule has 0 radical (unpaired) electrons. The van der Waals surface area contributed by atoms with Crippen molar-refractivity contribution < 1.29 is 19.2 Å². The van der Waals surface area contributed by atoms with Crippen LogP contribution in [0.3, 0.4) is 0 Å². The van der Waals surface area contributed by atoms with Crippen LogP contribution >= 0.6 is 0 Å². The number of piperazine rings is 1. The van der Waals surface area contributed by atoms with Gasteiger partial charge in [0.15, 0.2) is 17.7 Å². The maximum atomic E-state index is 12.9. The van der Waals surface area contributed by atoms with E-state index < -0.39 is 11.2 Å². The highest BCUT2D eigenvalue weighted by molar-refractivity contribution is 5.99. The van der Waals surface area contributed by atoms with Gasteiger partial charge >= 0.3 is 0 Å². The fourth-order valence-corrected chi connectivity index (χ4v) is 4.98. The van der Waals surface area contributed by atoms with Gasteiger partial charge in [-0.15, -0.1) is 0 Å². The van der Waals surface area contributed by atoms with Gasteiger partial charge in [0, 0.05) is 50.7 Å². The molecule has 1 aromatic heterocycles. The van der Waals surface area contributed by atoms with Crippen LogP contribution < -0.4 is 19.8 Å². The highest BCUT2D eigenvalue weighted by atomic mass is 16.6. The molecule has 1 unspecified atom stereocenters. The van der Waals surface area contributed by atoms with E-state index >= 15 is 0 Å². The van der Waals surface area contributed by atoms with E-state index in [0.717, 1.165) is 42.7 Å². The molecule has 1 atom stereocenters. The second kappa shape index (κ2) is 11.2. The number of amides is 1. The van der Waals surface area contributed by atoms with Crippen LogP contribution in [0.25, 0.3) is 10.9 Å². The number of para-hydroxylation sites is 1. The van der Waals surface area contributed by atoms with Crippen molar-refractivity contribution in [2.45, 2.75) is 26.0 Å². The number of nitrogens with one attached hydrogen (secondary N) is 1. The van der Waals surface area contributed by atoms with Gasteiger partial charge in [-0.05, 0) is 31.9 Å². The van der Waals surface area contributed by atoms with Crippen LogP contribution in [-0.4, -0.2) is 83.3 Å². The van der Waals surface area contributed by atoms with Gasteiger partial charge in [-0.25, -0.2) is 20.4 Å². The van der Waals surface area contributed by atoms with Gasteiger partial charge in [-0.1, -0.05) is 12.1 Å². The summed E-state index contributed by atoms with van der Waals surface area (Å²) >= 11 is 0. The molecular formula is C26H31N7O5. The number of carbonyl (C=O) groups is 1.